The van der Waals surface area contributed by atoms with Crippen molar-refractivity contribution in [3.63, 3.8) is 0 Å². The van der Waals surface area contributed by atoms with Gasteiger partial charge in [-0.15, -0.1) is 0 Å². The Morgan fingerprint density at radius 2 is 1.35 bits per heavy atom. The zero-order valence-corrected chi connectivity index (χ0v) is 28.7. The maximum atomic E-state index is 12.9. The standard InChI is InChI=1S/C34H39NO16/c1-17-25(44-18(2)36)27(45-19(3)37)29(46-20(4)38)32(43-17)49-30-28-26(50-34(5,6)51-28)24(16-42-31(39)21-10-8-7-9-11-21)48-33(30)47-23-14-12-22(13-15-23)35(40)41/h7-15,17,24-30,32-33H,16H2,1-6H3. The highest BCUT2D eigenvalue weighted by Gasteiger charge is 2.60. The molecule has 10 unspecified atom stereocenters. The molecule has 0 radical (unpaired) electrons. The predicted octanol–water partition coefficient (Wildman–Crippen LogP) is 3.00. The zero-order valence-electron chi connectivity index (χ0n) is 28.7. The number of hydrogen-bond acceptors (Lipinski definition) is 16. The molecule has 0 amide bonds. The molecule has 0 spiro atoms. The van der Waals surface area contributed by atoms with Gasteiger partial charge in [0.1, 0.15) is 30.7 Å². The molecular formula is C34H39NO16. The van der Waals surface area contributed by atoms with Gasteiger partial charge < -0.3 is 47.4 Å². The fourth-order valence-corrected chi connectivity index (χ4v) is 6.04. The summed E-state index contributed by atoms with van der Waals surface area (Å²) in [7, 11) is 0. The van der Waals surface area contributed by atoms with Crippen molar-refractivity contribution in [2.24, 2.45) is 0 Å². The second-order valence-corrected chi connectivity index (χ2v) is 12.5. The molecule has 5 rings (SSSR count). The maximum Gasteiger partial charge on any atom is 0.338 e. The Balaban J connectivity index is 1.49. The summed E-state index contributed by atoms with van der Waals surface area (Å²) in [6.07, 6.45) is -12.0. The number of nitro groups is 1. The molecule has 10 atom stereocenters. The fourth-order valence-electron chi connectivity index (χ4n) is 6.04. The van der Waals surface area contributed by atoms with Gasteiger partial charge in [-0.2, -0.15) is 0 Å². The van der Waals surface area contributed by atoms with Gasteiger partial charge in [0.05, 0.1) is 16.6 Å². The zero-order chi connectivity index (χ0) is 37.0. The number of fused-ring (bicyclic) bond motifs is 1. The average molecular weight is 718 g/mol. The summed E-state index contributed by atoms with van der Waals surface area (Å²) in [6.45, 7) is 7.98. The number of carbonyl (C=O) groups excluding carboxylic acids is 4. The van der Waals surface area contributed by atoms with E-state index in [0.717, 1.165) is 20.8 Å². The normalized spacial score (nSPS) is 31.0. The van der Waals surface area contributed by atoms with E-state index in [4.69, 9.17) is 47.4 Å². The van der Waals surface area contributed by atoms with Gasteiger partial charge in [0, 0.05) is 32.9 Å². The summed E-state index contributed by atoms with van der Waals surface area (Å²) in [5.41, 5.74) is 0.121. The molecule has 3 fully saturated rings. The molecule has 3 aliphatic rings. The van der Waals surface area contributed by atoms with Crippen LogP contribution in [0.5, 0.6) is 5.75 Å². The van der Waals surface area contributed by atoms with E-state index in [1.54, 1.807) is 51.1 Å². The summed E-state index contributed by atoms with van der Waals surface area (Å²) in [5.74, 6) is -3.94. The summed E-state index contributed by atoms with van der Waals surface area (Å²) in [4.78, 5) is 60.1. The first kappa shape index (κ1) is 37.6. The number of nitro benzene ring substituents is 1. The number of hydrogen-bond donors (Lipinski definition) is 0. The average Bonchev–Trinajstić information content (AvgIpc) is 3.39. The minimum atomic E-state index is -1.49. The number of non-ortho nitro benzene ring substituents is 1. The molecule has 2 aromatic carbocycles. The lowest BCUT2D eigenvalue weighted by Crippen LogP contribution is -2.65. The van der Waals surface area contributed by atoms with Crippen molar-refractivity contribution in [2.75, 3.05) is 6.61 Å². The smallest absolute Gasteiger partial charge is 0.338 e. The topological polar surface area (TPSA) is 204 Å². The summed E-state index contributed by atoms with van der Waals surface area (Å²) < 4.78 is 59.7. The van der Waals surface area contributed by atoms with Crippen molar-refractivity contribution in [1.29, 1.82) is 0 Å². The molecule has 17 heteroatoms. The minimum Gasteiger partial charge on any atom is -0.462 e. The van der Waals surface area contributed by atoms with Crippen molar-refractivity contribution in [3.05, 3.63) is 70.3 Å². The lowest BCUT2D eigenvalue weighted by molar-refractivity contribution is -0.384. The van der Waals surface area contributed by atoms with E-state index in [1.165, 1.54) is 24.3 Å². The van der Waals surface area contributed by atoms with E-state index in [1.807, 2.05) is 0 Å². The molecule has 17 nitrogen and oxygen atoms in total. The Labute approximate surface area is 292 Å². The number of esters is 4. The monoisotopic (exact) mass is 717 g/mol. The van der Waals surface area contributed by atoms with Crippen LogP contribution in [0.15, 0.2) is 54.6 Å². The molecule has 276 valence electrons. The maximum absolute atomic E-state index is 12.9. The molecule has 0 aromatic heterocycles. The predicted molar refractivity (Wildman–Crippen MR) is 169 cm³/mol. The highest BCUT2D eigenvalue weighted by atomic mass is 16.8. The highest BCUT2D eigenvalue weighted by Crippen LogP contribution is 2.41. The third kappa shape index (κ3) is 9.17. The number of rotatable bonds is 11. The Hall–Kier alpha value is -4.68. The summed E-state index contributed by atoms with van der Waals surface area (Å²) in [6, 6.07) is 13.5. The van der Waals surface area contributed by atoms with Crippen LogP contribution < -0.4 is 4.74 Å². The van der Waals surface area contributed by atoms with Crippen molar-refractivity contribution in [2.45, 2.75) is 109 Å². The lowest BCUT2D eigenvalue weighted by atomic mass is 9.97. The van der Waals surface area contributed by atoms with Gasteiger partial charge >= 0.3 is 23.9 Å². The van der Waals surface area contributed by atoms with E-state index < -0.39 is 96.0 Å². The van der Waals surface area contributed by atoms with Gasteiger partial charge in [-0.05, 0) is 45.0 Å². The first-order chi connectivity index (χ1) is 24.1. The van der Waals surface area contributed by atoms with E-state index >= 15 is 0 Å². The molecule has 3 saturated heterocycles. The van der Waals surface area contributed by atoms with Crippen LogP contribution in [0, 0.1) is 10.1 Å². The minimum absolute atomic E-state index is 0.137. The van der Waals surface area contributed by atoms with Crippen LogP contribution in [0.25, 0.3) is 0 Å². The third-order valence-electron chi connectivity index (χ3n) is 8.04. The van der Waals surface area contributed by atoms with E-state index in [2.05, 4.69) is 0 Å². The summed E-state index contributed by atoms with van der Waals surface area (Å²) >= 11 is 0. The van der Waals surface area contributed by atoms with Gasteiger partial charge in [0.25, 0.3) is 5.69 Å². The summed E-state index contributed by atoms with van der Waals surface area (Å²) in [5, 5.41) is 11.3. The SMILES string of the molecule is CC(=O)OC1C(C)OC(OC2C(Oc3ccc([N+](=O)[O-])cc3)OC(COC(=O)c3ccccc3)C3OC(C)(C)OC32)C(OC(C)=O)C1OC(C)=O. The highest BCUT2D eigenvalue weighted by molar-refractivity contribution is 5.89. The quantitative estimate of drug-likeness (QED) is 0.142. The first-order valence-corrected chi connectivity index (χ1v) is 16.1. The second-order valence-electron chi connectivity index (χ2n) is 12.5. The van der Waals surface area contributed by atoms with Gasteiger partial charge in [-0.25, -0.2) is 4.79 Å². The van der Waals surface area contributed by atoms with Crippen molar-refractivity contribution in [1.82, 2.24) is 0 Å². The Morgan fingerprint density at radius 3 is 1.96 bits per heavy atom. The third-order valence-corrected chi connectivity index (χ3v) is 8.04. The molecule has 2 aromatic rings. The lowest BCUT2D eigenvalue weighted by Gasteiger charge is -2.47. The van der Waals surface area contributed by atoms with Crippen LogP contribution in [0.3, 0.4) is 0 Å². The van der Waals surface area contributed by atoms with Crippen molar-refractivity contribution in [3.8, 4) is 5.75 Å². The number of ether oxygens (including phenoxy) is 10. The van der Waals surface area contributed by atoms with Crippen LogP contribution in [0.1, 0.15) is 51.9 Å². The molecule has 0 bridgehead atoms. The Kier molecular flexibility index (Phi) is 11.6. The molecule has 51 heavy (non-hydrogen) atoms. The van der Waals surface area contributed by atoms with E-state index in [-0.39, 0.29) is 18.0 Å². The molecule has 0 N–H and O–H groups in total. The van der Waals surface area contributed by atoms with Gasteiger partial charge in [-0.1, -0.05) is 18.2 Å². The molecule has 0 aliphatic carbocycles. The van der Waals surface area contributed by atoms with Crippen LogP contribution in [-0.4, -0.2) is 103 Å². The van der Waals surface area contributed by atoms with E-state index in [9.17, 15) is 29.3 Å². The van der Waals surface area contributed by atoms with Crippen LogP contribution in [0.4, 0.5) is 5.69 Å². The molecule has 0 saturated carbocycles. The number of nitrogens with zero attached hydrogens (tertiary/aromatic N) is 1. The van der Waals surface area contributed by atoms with Gasteiger partial charge in [0.15, 0.2) is 36.5 Å². The first-order valence-electron chi connectivity index (χ1n) is 16.1. The van der Waals surface area contributed by atoms with Crippen LogP contribution in [-0.2, 0) is 57.0 Å². The molecule has 3 aliphatic heterocycles. The van der Waals surface area contributed by atoms with Crippen LogP contribution in [0.2, 0.25) is 0 Å². The number of benzene rings is 2. The van der Waals surface area contributed by atoms with E-state index in [0.29, 0.717) is 5.56 Å². The van der Waals surface area contributed by atoms with Crippen LogP contribution >= 0.6 is 0 Å². The molecular weight excluding hydrogens is 678 g/mol. The Morgan fingerprint density at radius 1 is 0.765 bits per heavy atom. The second kappa shape index (κ2) is 15.7. The van der Waals surface area contributed by atoms with Gasteiger partial charge in [-0.3, -0.25) is 24.5 Å². The fraction of sp³-hybridized carbons (Fsp3) is 0.529. The largest absolute Gasteiger partial charge is 0.462 e. The number of carbonyl (C=O) groups is 4. The van der Waals surface area contributed by atoms with Crippen molar-refractivity contribution < 1.29 is 71.5 Å². The Bertz CT molecular complexity index is 1580. The molecule has 3 heterocycles. The van der Waals surface area contributed by atoms with Gasteiger partial charge in [0.2, 0.25) is 6.29 Å². The van der Waals surface area contributed by atoms with Crippen molar-refractivity contribution >= 4 is 29.6 Å².